The lowest BCUT2D eigenvalue weighted by atomic mass is 10.1. The molecule has 1 fully saturated rings. The molecule has 0 spiro atoms. The van der Waals surface area contributed by atoms with Crippen molar-refractivity contribution < 1.29 is 39.1 Å². The van der Waals surface area contributed by atoms with E-state index in [1.807, 2.05) is 0 Å². The summed E-state index contributed by atoms with van der Waals surface area (Å²) in [6.07, 6.45) is -2.24. The topological polar surface area (TPSA) is 218 Å². The van der Waals surface area contributed by atoms with E-state index >= 15 is 0 Å². The fourth-order valence-electron chi connectivity index (χ4n) is 3.97. The third-order valence-electron chi connectivity index (χ3n) is 6.00. The van der Waals surface area contributed by atoms with Gasteiger partial charge in [-0.3, -0.25) is 14.2 Å². The van der Waals surface area contributed by atoms with Gasteiger partial charge < -0.3 is 41.0 Å². The minimum absolute atomic E-state index is 0.0688. The highest BCUT2D eigenvalue weighted by atomic mass is 32.1. The zero-order valence-corrected chi connectivity index (χ0v) is 20.9. The van der Waals surface area contributed by atoms with E-state index in [1.165, 1.54) is 23.0 Å². The number of aromatic nitrogens is 4. The van der Waals surface area contributed by atoms with Gasteiger partial charge in [-0.25, -0.2) is 9.97 Å². The average Bonchev–Trinajstić information content (AvgIpc) is 3.46. The van der Waals surface area contributed by atoms with Crippen LogP contribution in [0.1, 0.15) is 18.2 Å². The summed E-state index contributed by atoms with van der Waals surface area (Å²) >= 11 is 4.05. The molecule has 0 radical (unpaired) electrons. The first kappa shape index (κ1) is 27.5. The van der Waals surface area contributed by atoms with E-state index in [1.54, 1.807) is 12.1 Å². The predicted octanol–water partition coefficient (Wildman–Crippen LogP) is -0.832. The van der Waals surface area contributed by atoms with Crippen LogP contribution in [-0.4, -0.2) is 89.5 Å². The first-order valence-electron chi connectivity index (χ1n) is 11.7. The average molecular weight is 549 g/mol. The Morgan fingerprint density at radius 1 is 1.11 bits per heavy atom. The van der Waals surface area contributed by atoms with Crippen molar-refractivity contribution in [2.45, 2.75) is 49.5 Å². The number of aliphatic hydroxyl groups excluding tert-OH is 1. The summed E-state index contributed by atoms with van der Waals surface area (Å²) in [5.74, 6) is -1.46. The molecular weight excluding hydrogens is 520 g/mol. The highest BCUT2D eigenvalue weighted by Crippen LogP contribution is 2.34. The van der Waals surface area contributed by atoms with Gasteiger partial charge in [0.15, 0.2) is 23.5 Å². The number of ether oxygens (including phenoxy) is 3. The summed E-state index contributed by atoms with van der Waals surface area (Å²) in [7, 11) is 0. The van der Waals surface area contributed by atoms with Gasteiger partial charge in [-0.05, 0) is 36.3 Å². The lowest BCUT2D eigenvalue weighted by Crippen LogP contribution is -2.44. The van der Waals surface area contributed by atoms with E-state index in [2.05, 4.69) is 27.6 Å². The number of esters is 2. The number of rotatable bonds is 10. The minimum atomic E-state index is -1.45. The first-order chi connectivity index (χ1) is 18.2. The Bertz CT molecular complexity index is 1270. The van der Waals surface area contributed by atoms with Gasteiger partial charge in [-0.1, -0.05) is 12.1 Å². The van der Waals surface area contributed by atoms with Crippen molar-refractivity contribution in [1.29, 1.82) is 0 Å². The molecule has 6 atom stereocenters. The molecule has 7 N–H and O–H groups in total. The van der Waals surface area contributed by atoms with E-state index in [4.69, 9.17) is 25.7 Å². The Labute approximate surface area is 222 Å². The smallest absolute Gasteiger partial charge is 0.323 e. The fourth-order valence-corrected chi connectivity index (χ4v) is 4.25. The molecule has 3 aromatic rings. The van der Waals surface area contributed by atoms with Crippen molar-refractivity contribution in [2.24, 2.45) is 11.5 Å². The van der Waals surface area contributed by atoms with Crippen LogP contribution in [0.4, 0.5) is 0 Å². The zero-order valence-electron chi connectivity index (χ0n) is 20.0. The van der Waals surface area contributed by atoms with Crippen LogP contribution in [0.3, 0.4) is 0 Å². The first-order valence-corrected chi connectivity index (χ1v) is 12.3. The van der Waals surface area contributed by atoms with Crippen molar-refractivity contribution in [1.82, 2.24) is 19.5 Å². The van der Waals surface area contributed by atoms with Crippen LogP contribution < -0.4 is 11.5 Å². The van der Waals surface area contributed by atoms with Gasteiger partial charge in [-0.2, -0.15) is 17.6 Å². The number of hydrogen-bond donors (Lipinski definition) is 6. The van der Waals surface area contributed by atoms with Crippen LogP contribution in [0.5, 0.6) is 11.6 Å². The van der Waals surface area contributed by atoms with E-state index in [0.29, 0.717) is 11.3 Å². The lowest BCUT2D eigenvalue weighted by molar-refractivity contribution is -0.161. The minimum Gasteiger partial charge on any atom is -0.508 e. The second-order valence-electron chi connectivity index (χ2n) is 8.70. The summed E-state index contributed by atoms with van der Waals surface area (Å²) in [5, 5.41) is 30.5. The van der Waals surface area contributed by atoms with Crippen LogP contribution in [0.2, 0.25) is 0 Å². The highest BCUT2D eigenvalue weighted by molar-refractivity contribution is 7.80. The number of nitrogens with two attached hydrogens (primary N) is 2. The number of aliphatic hydroxyl groups is 1. The number of nitrogens with zero attached hydrogens (tertiary/aromatic N) is 4. The number of aromatic hydroxyl groups is 2. The lowest BCUT2D eigenvalue weighted by Gasteiger charge is -2.23. The maximum Gasteiger partial charge on any atom is 0.323 e. The molecule has 38 heavy (non-hydrogen) atoms. The van der Waals surface area contributed by atoms with Crippen molar-refractivity contribution in [3.05, 3.63) is 42.5 Å². The number of hydrogen-bond acceptors (Lipinski definition) is 14. The quantitative estimate of drug-likeness (QED) is 0.135. The summed E-state index contributed by atoms with van der Waals surface area (Å²) in [5.41, 5.74) is 12.7. The van der Waals surface area contributed by atoms with Crippen molar-refractivity contribution in [3.63, 3.8) is 0 Å². The number of benzene rings is 1. The maximum atomic E-state index is 12.9. The van der Waals surface area contributed by atoms with Crippen LogP contribution in [0.25, 0.3) is 11.2 Å². The molecule has 4 rings (SSSR count). The Balaban J connectivity index is 1.53. The van der Waals surface area contributed by atoms with Gasteiger partial charge in [0.1, 0.15) is 43.0 Å². The number of carbonyl (C=O) groups excluding carboxylic acids is 2. The standard InChI is InChI=1S/C23H28N6O8S/c24-13(5-6-38)22(33)35-8-15-18(37-23(34)14(25)7-11-1-3-12(30)4-2-11)17(31)21(36-15)29-10-28-16-19(29)26-9-27-20(16)32/h1-4,9-10,13-15,17-18,21,30-31,38H,5-8,24-25H2,(H,26,27,32)/t13-,14-,15+,17+,18+,21+/m0/s1. The number of thiol groups is 1. The Kier molecular flexibility index (Phi) is 8.63. The second-order valence-corrected chi connectivity index (χ2v) is 9.15. The molecule has 1 aliphatic heterocycles. The number of fused-ring (bicyclic) bond motifs is 1. The molecule has 15 heteroatoms. The summed E-state index contributed by atoms with van der Waals surface area (Å²) < 4.78 is 18.1. The van der Waals surface area contributed by atoms with E-state index < -0.39 is 48.6 Å². The van der Waals surface area contributed by atoms with E-state index in [-0.39, 0.29) is 42.2 Å². The Morgan fingerprint density at radius 2 is 1.84 bits per heavy atom. The predicted molar refractivity (Wildman–Crippen MR) is 134 cm³/mol. The molecule has 2 aromatic heterocycles. The molecular formula is C23H28N6O8S. The third kappa shape index (κ3) is 5.97. The maximum absolute atomic E-state index is 12.9. The molecule has 1 saturated heterocycles. The van der Waals surface area contributed by atoms with E-state index in [0.717, 1.165) is 6.33 Å². The summed E-state index contributed by atoms with van der Waals surface area (Å²) in [4.78, 5) is 36.9. The highest BCUT2D eigenvalue weighted by Gasteiger charge is 2.49. The van der Waals surface area contributed by atoms with Gasteiger partial charge >= 0.3 is 11.9 Å². The van der Waals surface area contributed by atoms with Crippen LogP contribution in [-0.2, 0) is 30.2 Å². The van der Waals surface area contributed by atoms with Crippen molar-refractivity contribution in [3.8, 4) is 11.6 Å². The molecule has 1 aliphatic rings. The number of phenolic OH excluding ortho intramolecular Hbond substituents is 1. The molecule has 3 heterocycles. The molecule has 0 amide bonds. The van der Waals surface area contributed by atoms with Gasteiger partial charge in [0.2, 0.25) is 5.88 Å². The van der Waals surface area contributed by atoms with Gasteiger partial charge in [-0.15, -0.1) is 0 Å². The van der Waals surface area contributed by atoms with Crippen LogP contribution in [0.15, 0.2) is 36.9 Å². The molecule has 0 saturated carbocycles. The van der Waals surface area contributed by atoms with Crippen molar-refractivity contribution >= 4 is 35.7 Å². The Morgan fingerprint density at radius 3 is 2.55 bits per heavy atom. The molecule has 204 valence electrons. The molecule has 0 aliphatic carbocycles. The molecule has 0 unspecified atom stereocenters. The second kappa shape index (κ2) is 11.9. The normalized spacial score (nSPS) is 22.7. The molecule has 1 aromatic carbocycles. The number of imidazole rings is 1. The summed E-state index contributed by atoms with van der Waals surface area (Å²) in [6, 6.07) is 4.15. The molecule has 14 nitrogen and oxygen atoms in total. The van der Waals surface area contributed by atoms with Gasteiger partial charge in [0.05, 0.1) is 6.33 Å². The number of phenols is 1. The molecule has 0 bridgehead atoms. The Hall–Kier alpha value is -3.50. The van der Waals surface area contributed by atoms with Crippen LogP contribution in [0, 0.1) is 0 Å². The van der Waals surface area contributed by atoms with Gasteiger partial charge in [0, 0.05) is 0 Å². The third-order valence-corrected chi connectivity index (χ3v) is 6.26. The van der Waals surface area contributed by atoms with Gasteiger partial charge in [0.25, 0.3) is 0 Å². The fraction of sp³-hybridized carbons (Fsp3) is 0.435. The number of carbonyl (C=O) groups is 2. The van der Waals surface area contributed by atoms with E-state index in [9.17, 15) is 24.9 Å². The SMILES string of the molecule is N[C@@H](CCS)C(=O)OC[C@H]1O[C@@H](n2cnc3c(O)ncnc32)[C@H](O)[C@@H]1OC(=O)[C@@H](N)Cc1ccc(O)cc1. The monoisotopic (exact) mass is 548 g/mol. The van der Waals surface area contributed by atoms with Crippen LogP contribution >= 0.6 is 12.6 Å². The zero-order chi connectivity index (χ0) is 27.4. The van der Waals surface area contributed by atoms with Crippen molar-refractivity contribution in [2.75, 3.05) is 12.4 Å². The summed E-state index contributed by atoms with van der Waals surface area (Å²) in [6.45, 7) is -0.384. The largest absolute Gasteiger partial charge is 0.508 e.